The van der Waals surface area contributed by atoms with Crippen LogP contribution < -0.4 is 0 Å². The summed E-state index contributed by atoms with van der Waals surface area (Å²) in [6.07, 6.45) is 6.08. The van der Waals surface area contributed by atoms with Gasteiger partial charge in [-0.15, -0.1) is 0 Å². The maximum Gasteiger partial charge on any atom is 0.331 e. The number of hydrogen-bond acceptors (Lipinski definition) is 4. The Bertz CT molecular complexity index is 253. The molecular weight excluding hydrogens is 192 g/mol. The van der Waals surface area contributed by atoms with E-state index in [0.717, 1.165) is 32.2 Å². The van der Waals surface area contributed by atoms with Gasteiger partial charge >= 0.3 is 5.97 Å². The first-order chi connectivity index (χ1) is 7.29. The minimum Gasteiger partial charge on any atom is -0.466 e. The Morgan fingerprint density at radius 1 is 1.27 bits per heavy atom. The molecule has 2 fully saturated rings. The van der Waals surface area contributed by atoms with Crippen molar-refractivity contribution in [2.75, 3.05) is 33.3 Å². The Hall–Kier alpha value is -1.03. The summed E-state index contributed by atoms with van der Waals surface area (Å²) in [5, 5.41) is 0. The second-order valence-corrected chi connectivity index (χ2v) is 4.14. The molecule has 84 valence electrons. The van der Waals surface area contributed by atoms with Crippen LogP contribution in [0.2, 0.25) is 0 Å². The summed E-state index contributed by atoms with van der Waals surface area (Å²) in [6, 6.07) is 0.858. The Morgan fingerprint density at radius 2 is 1.93 bits per heavy atom. The second kappa shape index (κ2) is 4.66. The highest BCUT2D eigenvalue weighted by atomic mass is 16.5. The molecule has 0 aromatic rings. The van der Waals surface area contributed by atoms with Gasteiger partial charge in [-0.05, 0) is 12.8 Å². The zero-order valence-corrected chi connectivity index (χ0v) is 9.19. The van der Waals surface area contributed by atoms with Gasteiger partial charge in [0, 0.05) is 44.5 Å². The summed E-state index contributed by atoms with van der Waals surface area (Å²) in [5.41, 5.74) is 0. The highest BCUT2D eigenvalue weighted by molar-refractivity contribution is 5.81. The minimum atomic E-state index is -0.278. The van der Waals surface area contributed by atoms with Crippen molar-refractivity contribution in [1.82, 2.24) is 9.80 Å². The van der Waals surface area contributed by atoms with Gasteiger partial charge in [0.05, 0.1) is 7.11 Å². The molecule has 4 nitrogen and oxygen atoms in total. The Kier molecular flexibility index (Phi) is 3.26. The lowest BCUT2D eigenvalue weighted by atomic mass is 10.3. The average Bonchev–Trinajstić information content (AvgIpc) is 3.10. The summed E-state index contributed by atoms with van der Waals surface area (Å²) in [5.74, 6) is -0.278. The van der Waals surface area contributed by atoms with E-state index >= 15 is 0 Å². The predicted molar refractivity (Wildman–Crippen MR) is 57.3 cm³/mol. The first-order valence-corrected chi connectivity index (χ1v) is 5.54. The van der Waals surface area contributed by atoms with Gasteiger partial charge in [-0.25, -0.2) is 4.79 Å². The van der Waals surface area contributed by atoms with E-state index in [1.807, 2.05) is 6.20 Å². The van der Waals surface area contributed by atoms with Crippen molar-refractivity contribution in [2.24, 2.45) is 0 Å². The van der Waals surface area contributed by atoms with Crippen molar-refractivity contribution in [1.29, 1.82) is 0 Å². The average molecular weight is 210 g/mol. The number of ether oxygens (including phenoxy) is 1. The first-order valence-electron chi connectivity index (χ1n) is 5.54. The van der Waals surface area contributed by atoms with Crippen LogP contribution in [0.1, 0.15) is 12.8 Å². The molecule has 1 heterocycles. The topological polar surface area (TPSA) is 32.8 Å². The van der Waals surface area contributed by atoms with Gasteiger partial charge in [-0.2, -0.15) is 0 Å². The van der Waals surface area contributed by atoms with Crippen LogP contribution in [0.5, 0.6) is 0 Å². The fourth-order valence-corrected chi connectivity index (χ4v) is 1.93. The highest BCUT2D eigenvalue weighted by Crippen LogP contribution is 2.27. The molecule has 0 spiro atoms. The third kappa shape index (κ3) is 2.96. The van der Waals surface area contributed by atoms with E-state index in [-0.39, 0.29) is 5.97 Å². The van der Waals surface area contributed by atoms with Crippen LogP contribution in [0.25, 0.3) is 0 Å². The molecule has 0 aromatic heterocycles. The van der Waals surface area contributed by atoms with Crippen molar-refractivity contribution >= 4 is 5.97 Å². The second-order valence-electron chi connectivity index (χ2n) is 4.14. The monoisotopic (exact) mass is 210 g/mol. The Balaban J connectivity index is 1.72. The molecule has 2 rings (SSSR count). The Labute approximate surface area is 90.5 Å². The lowest BCUT2D eigenvalue weighted by Gasteiger charge is -2.34. The van der Waals surface area contributed by atoms with Crippen LogP contribution >= 0.6 is 0 Å². The number of hydrogen-bond donors (Lipinski definition) is 0. The van der Waals surface area contributed by atoms with Crippen LogP contribution in [0.4, 0.5) is 0 Å². The molecular formula is C11H18N2O2. The SMILES string of the molecule is COC(=O)C=CN1CCN(C2CC2)CC1. The van der Waals surface area contributed by atoms with Crippen molar-refractivity contribution in [3.05, 3.63) is 12.3 Å². The summed E-state index contributed by atoms with van der Waals surface area (Å²) in [7, 11) is 1.40. The number of esters is 1. The molecule has 1 aliphatic heterocycles. The molecule has 0 amide bonds. The molecule has 2 aliphatic rings. The molecule has 0 unspecified atom stereocenters. The molecule has 1 saturated carbocycles. The standard InChI is InChI=1S/C11H18N2O2/c1-15-11(14)4-5-12-6-8-13(9-7-12)10-2-3-10/h4-5,10H,2-3,6-9H2,1H3. The van der Waals surface area contributed by atoms with Crippen molar-refractivity contribution in [3.8, 4) is 0 Å². The molecule has 1 saturated heterocycles. The smallest absolute Gasteiger partial charge is 0.331 e. The predicted octanol–water partition coefficient (Wildman–Crippen LogP) is 0.453. The number of carbonyl (C=O) groups excluding carboxylic acids is 1. The maximum atomic E-state index is 10.9. The summed E-state index contributed by atoms with van der Waals surface area (Å²) in [6.45, 7) is 4.28. The summed E-state index contributed by atoms with van der Waals surface area (Å²) >= 11 is 0. The number of nitrogens with zero attached hydrogens (tertiary/aromatic N) is 2. The van der Waals surface area contributed by atoms with Gasteiger partial charge in [0.15, 0.2) is 0 Å². The number of methoxy groups -OCH3 is 1. The quantitative estimate of drug-likeness (QED) is 0.500. The number of carbonyl (C=O) groups is 1. The lowest BCUT2D eigenvalue weighted by Crippen LogP contribution is -2.44. The molecule has 1 aliphatic carbocycles. The summed E-state index contributed by atoms with van der Waals surface area (Å²) in [4.78, 5) is 15.6. The van der Waals surface area contributed by atoms with Crippen molar-refractivity contribution in [3.63, 3.8) is 0 Å². The van der Waals surface area contributed by atoms with Gasteiger partial charge in [-0.3, -0.25) is 4.90 Å². The van der Waals surface area contributed by atoms with E-state index in [9.17, 15) is 4.79 Å². The molecule has 0 bridgehead atoms. The maximum absolute atomic E-state index is 10.9. The highest BCUT2D eigenvalue weighted by Gasteiger charge is 2.30. The van der Waals surface area contributed by atoms with Crippen LogP contribution in [0, 0.1) is 0 Å². The molecule has 0 radical (unpaired) electrons. The van der Waals surface area contributed by atoms with E-state index < -0.39 is 0 Å². The van der Waals surface area contributed by atoms with Gasteiger partial charge in [0.2, 0.25) is 0 Å². The van der Waals surface area contributed by atoms with Gasteiger partial charge in [0.25, 0.3) is 0 Å². The zero-order valence-electron chi connectivity index (χ0n) is 9.19. The lowest BCUT2D eigenvalue weighted by molar-refractivity contribution is -0.134. The molecule has 0 N–H and O–H groups in total. The third-order valence-electron chi connectivity index (χ3n) is 3.03. The van der Waals surface area contributed by atoms with Gasteiger partial charge in [0.1, 0.15) is 0 Å². The van der Waals surface area contributed by atoms with Crippen molar-refractivity contribution < 1.29 is 9.53 Å². The van der Waals surface area contributed by atoms with Gasteiger partial charge < -0.3 is 9.64 Å². The number of piperazine rings is 1. The van der Waals surface area contributed by atoms with E-state index in [4.69, 9.17) is 0 Å². The minimum absolute atomic E-state index is 0.278. The Morgan fingerprint density at radius 3 is 2.47 bits per heavy atom. The van der Waals surface area contributed by atoms with Crippen molar-refractivity contribution in [2.45, 2.75) is 18.9 Å². The van der Waals surface area contributed by atoms with Crippen LogP contribution in [0.3, 0.4) is 0 Å². The van der Waals surface area contributed by atoms with Crippen LogP contribution in [-0.4, -0.2) is 55.1 Å². The normalized spacial score (nSPS) is 23.4. The molecule has 4 heteroatoms. The fourth-order valence-electron chi connectivity index (χ4n) is 1.93. The van der Waals surface area contributed by atoms with Gasteiger partial charge in [-0.1, -0.05) is 0 Å². The van der Waals surface area contributed by atoms with E-state index in [1.165, 1.54) is 26.0 Å². The van der Waals surface area contributed by atoms with E-state index in [1.54, 1.807) is 0 Å². The first kappa shape index (κ1) is 10.5. The number of rotatable bonds is 3. The van der Waals surface area contributed by atoms with Crippen LogP contribution in [0.15, 0.2) is 12.3 Å². The third-order valence-corrected chi connectivity index (χ3v) is 3.03. The summed E-state index contributed by atoms with van der Waals surface area (Å²) < 4.78 is 4.55. The van der Waals surface area contributed by atoms with E-state index in [0.29, 0.717) is 0 Å². The fraction of sp³-hybridized carbons (Fsp3) is 0.727. The molecule has 0 atom stereocenters. The molecule has 15 heavy (non-hydrogen) atoms. The molecule has 0 aromatic carbocycles. The zero-order chi connectivity index (χ0) is 10.7. The largest absolute Gasteiger partial charge is 0.466 e. The van der Waals surface area contributed by atoms with Crippen LogP contribution in [-0.2, 0) is 9.53 Å². The van der Waals surface area contributed by atoms with E-state index in [2.05, 4.69) is 14.5 Å².